The number of phosphoric acid groups is 1. The Bertz CT molecular complexity index is 2500. The van der Waals surface area contributed by atoms with Crippen molar-refractivity contribution in [3.63, 3.8) is 0 Å². The van der Waals surface area contributed by atoms with Gasteiger partial charge in [0.2, 0.25) is 0 Å². The minimum absolute atomic E-state index is 0.0156. The van der Waals surface area contributed by atoms with Gasteiger partial charge in [0.05, 0.1) is 13.2 Å². The lowest BCUT2D eigenvalue weighted by Gasteiger charge is -2.50. The van der Waals surface area contributed by atoms with Crippen LogP contribution in [0.1, 0.15) is 407 Å². The highest BCUT2D eigenvalue weighted by Crippen LogP contribution is 2.49. The molecule has 19 atom stereocenters. The molecule has 1 aliphatic carbocycles. The number of unbranched alkanes of at least 4 members (excludes halogenated alkanes) is 46. The largest absolute Gasteiger partial charge is 0.472 e. The Morgan fingerprint density at radius 1 is 0.359 bits per heavy atom. The Morgan fingerprint density at radius 3 is 1.11 bits per heavy atom. The normalized spacial score (nSPS) is 25.3. The summed E-state index contributed by atoms with van der Waals surface area (Å²) in [4.78, 5) is 66.5. The number of hydrogen-bond acceptors (Lipinski definition) is 24. The zero-order chi connectivity index (χ0) is 85.5. The molecule has 0 aromatic carbocycles. The van der Waals surface area contributed by atoms with Gasteiger partial charge < -0.3 is 88.7 Å². The summed E-state index contributed by atoms with van der Waals surface area (Å²) in [6.07, 6.45) is 26.5. The van der Waals surface area contributed by atoms with E-state index in [9.17, 15) is 74.6 Å². The van der Waals surface area contributed by atoms with E-state index in [0.717, 1.165) is 128 Å². The number of hydrogen-bond donors (Lipinski definition) is 10. The molecule has 1 saturated carbocycles. The molecule has 0 radical (unpaired) electrons. The van der Waals surface area contributed by atoms with E-state index < -0.39 is 162 Å². The number of carbonyl (C=O) groups excluding carboxylic acids is 4. The number of allylic oxidation sites excluding steroid dienone is 2. The zero-order valence-corrected chi connectivity index (χ0v) is 74.3. The predicted octanol–water partition coefficient (Wildman–Crippen LogP) is 17.4. The molecule has 25 nitrogen and oxygen atoms in total. The number of ether oxygens (including phenoxy) is 8. The van der Waals surface area contributed by atoms with Crippen LogP contribution in [0.5, 0.6) is 0 Å². The standard InChI is InChI=1S/C91H169O25P/c1-6-10-14-18-22-25-28-31-32-33-36-38-41-44-51-57-63-75(94)108-69-73-79(98)81(100)85(104)91(112-73)115-88-86(113-77(96)65-59-52-45-42-39-35-30-27-24-20-16-12-8-3)82(101)83(102)87(114-90-84(103)80(99)78(97)72(66-92)111-90)89(88)116-117(105,106)109-68-71(67-107-74(93)62-56-50-43-40-37-34-29-26-23-19-15-11-7-2)110-76(95)64-58-53-47-46-49-55-61-70(5)60-54-48-21-17-13-9-4/h34,37,70-73,78-92,97-104H,6-33,35-36,38-69H2,1-5H3,(H,105,106)/b37-34-. The Hall–Kier alpha value is -2.79. The number of carbonyl (C=O) groups is 4. The summed E-state index contributed by atoms with van der Waals surface area (Å²) < 4.78 is 73.4. The van der Waals surface area contributed by atoms with Crippen LogP contribution in [0, 0.1) is 5.92 Å². The van der Waals surface area contributed by atoms with Gasteiger partial charge in [0.25, 0.3) is 0 Å². The van der Waals surface area contributed by atoms with Crippen LogP contribution in [0.4, 0.5) is 0 Å². The maximum absolute atomic E-state index is 14.9. The van der Waals surface area contributed by atoms with Crippen molar-refractivity contribution in [2.75, 3.05) is 26.4 Å². The Morgan fingerprint density at radius 2 is 0.692 bits per heavy atom. The summed E-state index contributed by atoms with van der Waals surface area (Å²) in [5.41, 5.74) is 0. The van der Waals surface area contributed by atoms with Gasteiger partial charge in [-0.25, -0.2) is 4.57 Å². The highest BCUT2D eigenvalue weighted by molar-refractivity contribution is 7.47. The fraction of sp³-hybridized carbons (Fsp3) is 0.934. The molecule has 0 aromatic rings. The molecule has 3 aliphatic rings. The molecule has 2 aliphatic heterocycles. The number of aliphatic hydroxyl groups excluding tert-OH is 9. The fourth-order valence-corrected chi connectivity index (χ4v) is 16.8. The number of aliphatic hydroxyl groups is 9. The van der Waals surface area contributed by atoms with Crippen molar-refractivity contribution in [1.29, 1.82) is 0 Å². The molecule has 0 aromatic heterocycles. The van der Waals surface area contributed by atoms with Crippen LogP contribution in [0.3, 0.4) is 0 Å². The van der Waals surface area contributed by atoms with Crippen molar-refractivity contribution in [1.82, 2.24) is 0 Å². The van der Waals surface area contributed by atoms with Crippen molar-refractivity contribution in [2.45, 2.75) is 511 Å². The van der Waals surface area contributed by atoms with Crippen LogP contribution in [0.25, 0.3) is 0 Å². The van der Waals surface area contributed by atoms with E-state index in [-0.39, 0.29) is 25.7 Å². The van der Waals surface area contributed by atoms with E-state index in [2.05, 4.69) is 46.8 Å². The summed E-state index contributed by atoms with van der Waals surface area (Å²) >= 11 is 0. The topological polar surface area (TPSA) is 380 Å². The minimum atomic E-state index is -5.81. The second-order valence-corrected chi connectivity index (χ2v) is 35.6. The quantitative estimate of drug-likeness (QED) is 0.00889. The van der Waals surface area contributed by atoms with Crippen LogP contribution >= 0.6 is 7.82 Å². The fourth-order valence-electron chi connectivity index (χ4n) is 15.8. The second kappa shape index (κ2) is 69.5. The first-order valence-corrected chi connectivity index (χ1v) is 48.8. The first-order chi connectivity index (χ1) is 56.6. The molecule has 2 saturated heterocycles. The molecule has 0 bridgehead atoms. The number of esters is 4. The smallest absolute Gasteiger partial charge is 0.463 e. The van der Waals surface area contributed by atoms with E-state index in [1.165, 1.54) is 186 Å². The lowest BCUT2D eigenvalue weighted by atomic mass is 9.84. The molecule has 3 rings (SSSR count). The monoisotopic (exact) mass is 1690 g/mol. The van der Waals surface area contributed by atoms with Crippen LogP contribution in [0.15, 0.2) is 12.2 Å². The van der Waals surface area contributed by atoms with Crippen molar-refractivity contribution >= 4 is 31.7 Å². The van der Waals surface area contributed by atoms with Gasteiger partial charge in [-0.2, -0.15) is 0 Å². The molecular formula is C91H169O25P. The number of rotatable bonds is 76. The Balaban J connectivity index is 1.92. The van der Waals surface area contributed by atoms with Crippen molar-refractivity contribution in [3.8, 4) is 0 Å². The molecule has 688 valence electrons. The van der Waals surface area contributed by atoms with E-state index in [1.807, 2.05) is 0 Å². The van der Waals surface area contributed by atoms with Crippen molar-refractivity contribution < 1.29 is 122 Å². The molecule has 3 fully saturated rings. The summed E-state index contributed by atoms with van der Waals surface area (Å²) in [5.74, 6) is -2.30. The van der Waals surface area contributed by atoms with Gasteiger partial charge in [-0.3, -0.25) is 28.2 Å². The van der Waals surface area contributed by atoms with Gasteiger partial charge in [-0.1, -0.05) is 342 Å². The summed E-state index contributed by atoms with van der Waals surface area (Å²) in [5, 5.41) is 102. The lowest BCUT2D eigenvalue weighted by Crippen LogP contribution is -2.70. The van der Waals surface area contributed by atoms with Crippen LogP contribution in [-0.4, -0.2) is 205 Å². The van der Waals surface area contributed by atoms with Crippen molar-refractivity contribution in [2.24, 2.45) is 5.92 Å². The van der Waals surface area contributed by atoms with Crippen LogP contribution < -0.4 is 0 Å². The van der Waals surface area contributed by atoms with Gasteiger partial charge >= 0.3 is 31.7 Å². The average Bonchev–Trinajstić information content (AvgIpc) is 0.754. The average molecular weight is 1690 g/mol. The third-order valence-electron chi connectivity index (χ3n) is 23.4. The van der Waals surface area contributed by atoms with E-state index in [0.29, 0.717) is 38.0 Å². The third kappa shape index (κ3) is 50.1. The van der Waals surface area contributed by atoms with Crippen LogP contribution in [-0.2, 0) is 70.7 Å². The lowest BCUT2D eigenvalue weighted by molar-refractivity contribution is -0.360. The molecule has 10 N–H and O–H groups in total. The van der Waals surface area contributed by atoms with Gasteiger partial charge in [0, 0.05) is 25.7 Å². The van der Waals surface area contributed by atoms with Crippen molar-refractivity contribution in [3.05, 3.63) is 12.2 Å². The zero-order valence-electron chi connectivity index (χ0n) is 73.4. The van der Waals surface area contributed by atoms with Gasteiger partial charge in [0.1, 0.15) is 92.6 Å². The first-order valence-electron chi connectivity index (χ1n) is 47.3. The Kier molecular flexibility index (Phi) is 64.4. The first kappa shape index (κ1) is 108. The molecule has 0 amide bonds. The molecule has 2 heterocycles. The molecule has 117 heavy (non-hydrogen) atoms. The highest BCUT2D eigenvalue weighted by Gasteiger charge is 2.60. The van der Waals surface area contributed by atoms with E-state index in [1.54, 1.807) is 0 Å². The van der Waals surface area contributed by atoms with E-state index >= 15 is 0 Å². The molecule has 19 unspecified atom stereocenters. The number of phosphoric ester groups is 1. The summed E-state index contributed by atoms with van der Waals surface area (Å²) in [7, 11) is -5.81. The SMILES string of the molecule is CCCCCCCC/C=C\CCCCCC(=O)OCC(COP(=O)(O)OC1C(OC2OC(CO)C(O)C(O)C2O)C(O)C(O)C(OC(=O)CCCCCCCCCCCCCCC)C1OC1OC(COC(=O)CCCCCCCCCCCCCCCCCC)C(O)C(O)C1O)OC(=O)CCCCCCCCC(C)CCCCCCCC. The summed E-state index contributed by atoms with van der Waals surface area (Å²) in [6, 6.07) is 0. The van der Waals surface area contributed by atoms with Gasteiger partial charge in [-0.15, -0.1) is 0 Å². The molecular weight excluding hydrogens is 1520 g/mol. The van der Waals surface area contributed by atoms with Gasteiger partial charge in [-0.05, 0) is 57.3 Å². The predicted molar refractivity (Wildman–Crippen MR) is 453 cm³/mol. The molecule has 0 spiro atoms. The minimum Gasteiger partial charge on any atom is -0.463 e. The van der Waals surface area contributed by atoms with Crippen LogP contribution in [0.2, 0.25) is 0 Å². The second-order valence-electron chi connectivity index (χ2n) is 34.2. The molecule has 26 heteroatoms. The summed E-state index contributed by atoms with van der Waals surface area (Å²) in [6.45, 7) is 7.91. The maximum Gasteiger partial charge on any atom is 0.472 e. The van der Waals surface area contributed by atoms with E-state index in [4.69, 9.17) is 46.9 Å². The Labute approximate surface area is 705 Å². The maximum atomic E-state index is 14.9. The third-order valence-corrected chi connectivity index (χ3v) is 24.4. The highest BCUT2D eigenvalue weighted by atomic mass is 31.2. The van der Waals surface area contributed by atoms with Gasteiger partial charge in [0.15, 0.2) is 24.8 Å².